The number of ether oxygens (including phenoxy) is 1. The highest BCUT2D eigenvalue weighted by Crippen LogP contribution is 2.23. The summed E-state index contributed by atoms with van der Waals surface area (Å²) in [4.78, 5) is 11.2. The Hall–Kier alpha value is -0.900. The third-order valence-electron chi connectivity index (χ3n) is 2.01. The summed E-state index contributed by atoms with van der Waals surface area (Å²) in [6.45, 7) is 3.69. The number of hydrogen-bond acceptors (Lipinski definition) is 2. The first-order valence-corrected chi connectivity index (χ1v) is 5.44. The molecule has 0 fully saturated rings. The van der Waals surface area contributed by atoms with E-state index in [0.717, 1.165) is 0 Å². The molecule has 0 aliphatic carbocycles. The summed E-state index contributed by atoms with van der Waals surface area (Å²) in [7, 11) is 0. The topological polar surface area (TPSA) is 26.3 Å². The van der Waals surface area contributed by atoms with Gasteiger partial charge in [0.25, 0.3) is 0 Å². The maximum atomic E-state index is 13.6. The van der Waals surface area contributed by atoms with Gasteiger partial charge in [0.05, 0.1) is 13.0 Å². The third kappa shape index (κ3) is 3.02. The van der Waals surface area contributed by atoms with Crippen LogP contribution in [-0.2, 0) is 16.0 Å². The fourth-order valence-corrected chi connectivity index (χ4v) is 1.68. The predicted molar refractivity (Wildman–Crippen MR) is 59.2 cm³/mol. The van der Waals surface area contributed by atoms with Crippen LogP contribution in [-0.4, -0.2) is 12.6 Å². The summed E-state index contributed by atoms with van der Waals surface area (Å²) < 4.78 is 19.0. The quantitative estimate of drug-likeness (QED) is 0.793. The Morgan fingerprint density at radius 1 is 1.53 bits per heavy atom. The van der Waals surface area contributed by atoms with Crippen molar-refractivity contribution in [2.24, 2.45) is 0 Å². The molecule has 0 bridgehead atoms. The molecule has 0 spiro atoms. The smallest absolute Gasteiger partial charge is 0.310 e. The predicted octanol–water partition coefficient (Wildman–Crippen LogP) is 3.00. The average Bonchev–Trinajstić information content (AvgIpc) is 2.19. The van der Waals surface area contributed by atoms with Gasteiger partial charge in [-0.3, -0.25) is 4.79 Å². The molecule has 1 rings (SSSR count). The molecule has 0 saturated heterocycles. The van der Waals surface area contributed by atoms with E-state index in [1.165, 1.54) is 0 Å². The normalized spacial score (nSPS) is 10.1. The molecule has 0 radical (unpaired) electrons. The van der Waals surface area contributed by atoms with Gasteiger partial charge in [0.2, 0.25) is 0 Å². The molecule has 2 nitrogen and oxygen atoms in total. The third-order valence-corrected chi connectivity index (χ3v) is 2.75. The van der Waals surface area contributed by atoms with E-state index in [1.807, 2.05) is 0 Å². The van der Waals surface area contributed by atoms with Gasteiger partial charge in [-0.1, -0.05) is 22.0 Å². The summed E-state index contributed by atoms with van der Waals surface area (Å²) >= 11 is 3.21. The molecule has 1 aromatic carbocycles. The molecule has 0 aliphatic rings. The second kappa shape index (κ2) is 5.26. The molecule has 0 N–H and O–H groups in total. The standard InChI is InChI=1S/C11H12BrFO2/c1-3-15-10(14)6-8-9(12)5-4-7(2)11(8)13/h4-5H,3,6H2,1-2H3. The molecule has 0 aromatic heterocycles. The van der Waals surface area contributed by atoms with Crippen LogP contribution in [0.5, 0.6) is 0 Å². The van der Waals surface area contributed by atoms with Crippen molar-refractivity contribution in [1.82, 2.24) is 0 Å². The lowest BCUT2D eigenvalue weighted by molar-refractivity contribution is -0.142. The van der Waals surface area contributed by atoms with E-state index in [9.17, 15) is 9.18 Å². The van der Waals surface area contributed by atoms with Gasteiger partial charge in [0.1, 0.15) is 5.82 Å². The van der Waals surface area contributed by atoms with Gasteiger partial charge in [0.15, 0.2) is 0 Å². The minimum Gasteiger partial charge on any atom is -0.466 e. The van der Waals surface area contributed by atoms with E-state index >= 15 is 0 Å². The summed E-state index contributed by atoms with van der Waals surface area (Å²) in [5, 5.41) is 0. The number of halogens is 2. The van der Waals surface area contributed by atoms with E-state index in [1.54, 1.807) is 26.0 Å². The first-order chi connectivity index (χ1) is 7.06. The Balaban J connectivity index is 2.93. The number of benzene rings is 1. The monoisotopic (exact) mass is 274 g/mol. The van der Waals surface area contributed by atoms with Gasteiger partial charge in [-0.25, -0.2) is 4.39 Å². The Bertz CT molecular complexity index is 377. The van der Waals surface area contributed by atoms with E-state index in [4.69, 9.17) is 4.74 Å². The maximum Gasteiger partial charge on any atom is 0.310 e. The number of carbonyl (C=O) groups excluding carboxylic acids is 1. The Labute approximate surface area is 96.6 Å². The zero-order valence-corrected chi connectivity index (χ0v) is 10.2. The molecule has 82 valence electrons. The Kier molecular flexibility index (Phi) is 4.27. The second-order valence-electron chi connectivity index (χ2n) is 3.14. The highest BCUT2D eigenvalue weighted by Gasteiger charge is 2.14. The van der Waals surface area contributed by atoms with Gasteiger partial charge in [-0.2, -0.15) is 0 Å². The number of aryl methyl sites for hydroxylation is 1. The van der Waals surface area contributed by atoms with Crippen LogP contribution in [0, 0.1) is 12.7 Å². The maximum absolute atomic E-state index is 13.6. The lowest BCUT2D eigenvalue weighted by atomic mass is 10.1. The number of esters is 1. The van der Waals surface area contributed by atoms with Crippen molar-refractivity contribution in [3.63, 3.8) is 0 Å². The summed E-state index contributed by atoms with van der Waals surface area (Å²) in [6.07, 6.45) is -0.0397. The molecular formula is C11H12BrFO2. The van der Waals surface area contributed by atoms with Crippen LogP contribution < -0.4 is 0 Å². The van der Waals surface area contributed by atoms with Crippen molar-refractivity contribution in [2.45, 2.75) is 20.3 Å². The van der Waals surface area contributed by atoms with Crippen LogP contribution in [0.4, 0.5) is 4.39 Å². The highest BCUT2D eigenvalue weighted by molar-refractivity contribution is 9.10. The lowest BCUT2D eigenvalue weighted by Crippen LogP contribution is -2.10. The van der Waals surface area contributed by atoms with Crippen molar-refractivity contribution in [2.75, 3.05) is 6.61 Å². The van der Waals surface area contributed by atoms with Crippen LogP contribution in [0.2, 0.25) is 0 Å². The van der Waals surface area contributed by atoms with Crippen LogP contribution in [0.3, 0.4) is 0 Å². The van der Waals surface area contributed by atoms with E-state index in [2.05, 4.69) is 15.9 Å². The van der Waals surface area contributed by atoms with Crippen molar-refractivity contribution in [3.8, 4) is 0 Å². The van der Waals surface area contributed by atoms with Crippen LogP contribution in [0.1, 0.15) is 18.1 Å². The molecule has 0 amide bonds. The number of carbonyl (C=O) groups is 1. The molecule has 1 aromatic rings. The largest absolute Gasteiger partial charge is 0.466 e. The first kappa shape index (κ1) is 12.2. The minimum absolute atomic E-state index is 0.0397. The number of hydrogen-bond donors (Lipinski definition) is 0. The Morgan fingerprint density at radius 2 is 2.20 bits per heavy atom. The molecule has 0 aliphatic heterocycles. The van der Waals surface area contributed by atoms with Crippen LogP contribution >= 0.6 is 15.9 Å². The van der Waals surface area contributed by atoms with Gasteiger partial charge < -0.3 is 4.74 Å². The minimum atomic E-state index is -0.414. The van der Waals surface area contributed by atoms with Gasteiger partial charge >= 0.3 is 5.97 Å². The zero-order chi connectivity index (χ0) is 11.4. The SMILES string of the molecule is CCOC(=O)Cc1c(Br)ccc(C)c1F. The lowest BCUT2D eigenvalue weighted by Gasteiger charge is -2.07. The van der Waals surface area contributed by atoms with Crippen LogP contribution in [0.15, 0.2) is 16.6 Å². The molecule has 0 heterocycles. The molecule has 0 saturated carbocycles. The van der Waals surface area contributed by atoms with Crippen molar-refractivity contribution in [3.05, 3.63) is 33.5 Å². The number of rotatable bonds is 3. The van der Waals surface area contributed by atoms with Crippen molar-refractivity contribution in [1.29, 1.82) is 0 Å². The fourth-order valence-electron chi connectivity index (χ4n) is 1.23. The second-order valence-corrected chi connectivity index (χ2v) is 3.99. The summed E-state index contributed by atoms with van der Waals surface area (Å²) in [5.41, 5.74) is 0.881. The molecular weight excluding hydrogens is 263 g/mol. The first-order valence-electron chi connectivity index (χ1n) is 4.65. The van der Waals surface area contributed by atoms with E-state index in [0.29, 0.717) is 22.2 Å². The van der Waals surface area contributed by atoms with Crippen molar-refractivity contribution >= 4 is 21.9 Å². The fraction of sp³-hybridized carbons (Fsp3) is 0.364. The molecule has 0 atom stereocenters. The van der Waals surface area contributed by atoms with Gasteiger partial charge in [0, 0.05) is 10.0 Å². The van der Waals surface area contributed by atoms with Crippen molar-refractivity contribution < 1.29 is 13.9 Å². The van der Waals surface area contributed by atoms with Gasteiger partial charge in [-0.05, 0) is 25.5 Å². The molecule has 4 heteroatoms. The zero-order valence-electron chi connectivity index (χ0n) is 8.64. The van der Waals surface area contributed by atoms with Gasteiger partial charge in [-0.15, -0.1) is 0 Å². The summed E-state index contributed by atoms with van der Waals surface area (Å²) in [5.74, 6) is -0.764. The molecule has 15 heavy (non-hydrogen) atoms. The highest BCUT2D eigenvalue weighted by atomic mass is 79.9. The Morgan fingerprint density at radius 3 is 2.80 bits per heavy atom. The molecule has 0 unspecified atom stereocenters. The van der Waals surface area contributed by atoms with E-state index in [-0.39, 0.29) is 12.2 Å². The van der Waals surface area contributed by atoms with E-state index < -0.39 is 5.97 Å². The summed E-state index contributed by atoms with van der Waals surface area (Å²) in [6, 6.07) is 3.39. The average molecular weight is 275 g/mol. The van der Waals surface area contributed by atoms with Crippen LogP contribution in [0.25, 0.3) is 0 Å².